The number of benzene rings is 1. The van der Waals surface area contributed by atoms with Crippen molar-refractivity contribution in [1.82, 2.24) is 4.98 Å². The number of hydrogen-bond donors (Lipinski definition) is 1. The molecule has 1 atom stereocenters. The molecular formula is C20H20Cl2N2O3. The van der Waals surface area contributed by atoms with E-state index < -0.39 is 5.91 Å². The highest BCUT2D eigenvalue weighted by atomic mass is 35.5. The van der Waals surface area contributed by atoms with Gasteiger partial charge in [0.05, 0.1) is 21.5 Å². The molecule has 142 valence electrons. The molecule has 1 aromatic carbocycles. The van der Waals surface area contributed by atoms with Gasteiger partial charge in [0.15, 0.2) is 0 Å². The Labute approximate surface area is 168 Å². The first kappa shape index (κ1) is 19.6. The molecule has 0 spiro atoms. The van der Waals surface area contributed by atoms with Crippen LogP contribution in [-0.2, 0) is 9.53 Å². The monoisotopic (exact) mass is 406 g/mol. The minimum absolute atomic E-state index is 0.0494. The second-order valence-electron chi connectivity index (χ2n) is 6.62. The minimum atomic E-state index is -0.422. The minimum Gasteiger partial charge on any atom is -0.462 e. The molecule has 27 heavy (non-hydrogen) atoms. The van der Waals surface area contributed by atoms with Gasteiger partial charge in [0.25, 0.3) is 5.91 Å². The zero-order chi connectivity index (χ0) is 19.4. The summed E-state index contributed by atoms with van der Waals surface area (Å²) in [5.41, 5.74) is 1.57. The van der Waals surface area contributed by atoms with Gasteiger partial charge >= 0.3 is 5.97 Å². The number of hydrogen-bond acceptors (Lipinski definition) is 4. The predicted molar refractivity (Wildman–Crippen MR) is 105 cm³/mol. The molecule has 0 saturated heterocycles. The molecule has 7 heteroatoms. The number of rotatable bonds is 5. The molecular weight excluding hydrogens is 387 g/mol. The molecule has 1 saturated carbocycles. The van der Waals surface area contributed by atoms with Crippen molar-refractivity contribution < 1.29 is 14.3 Å². The quantitative estimate of drug-likeness (QED) is 0.690. The molecule has 1 unspecified atom stereocenters. The van der Waals surface area contributed by atoms with Crippen molar-refractivity contribution in [3.63, 3.8) is 0 Å². The van der Waals surface area contributed by atoms with Crippen LogP contribution in [0.5, 0.6) is 0 Å². The highest BCUT2D eigenvalue weighted by Crippen LogP contribution is 2.26. The maximum absolute atomic E-state index is 12.4. The van der Waals surface area contributed by atoms with E-state index in [2.05, 4.69) is 10.3 Å². The van der Waals surface area contributed by atoms with Crippen molar-refractivity contribution in [1.29, 1.82) is 0 Å². The number of ether oxygens (including phenoxy) is 1. The molecule has 0 radical (unpaired) electrons. The lowest BCUT2D eigenvalue weighted by molar-refractivity contribution is -0.150. The van der Waals surface area contributed by atoms with Crippen LogP contribution in [0.25, 0.3) is 0 Å². The summed E-state index contributed by atoms with van der Waals surface area (Å²) in [5, 5.41) is 3.10. The van der Waals surface area contributed by atoms with E-state index in [0.29, 0.717) is 5.69 Å². The highest BCUT2D eigenvalue weighted by molar-refractivity contribution is 6.40. The molecule has 1 amide bonds. The van der Waals surface area contributed by atoms with Gasteiger partial charge in [-0.3, -0.25) is 14.6 Å². The van der Waals surface area contributed by atoms with Crippen LogP contribution in [-0.4, -0.2) is 23.0 Å². The fourth-order valence-electron chi connectivity index (χ4n) is 3.09. The van der Waals surface area contributed by atoms with Crippen molar-refractivity contribution in [2.75, 3.05) is 5.32 Å². The summed E-state index contributed by atoms with van der Waals surface area (Å²) >= 11 is 12.0. The molecule has 2 aromatic rings. The van der Waals surface area contributed by atoms with E-state index in [0.717, 1.165) is 31.2 Å². The Hall–Kier alpha value is -2.11. The average Bonchev–Trinajstić information content (AvgIpc) is 3.14. The Balaban J connectivity index is 1.64. The Morgan fingerprint density at radius 2 is 1.70 bits per heavy atom. The second-order valence-corrected chi connectivity index (χ2v) is 7.43. The first-order valence-electron chi connectivity index (χ1n) is 8.86. The Bertz CT molecular complexity index is 813. The molecule has 1 N–H and O–H groups in total. The second kappa shape index (κ2) is 8.72. The predicted octanol–water partition coefficient (Wildman–Crippen LogP) is 5.23. The van der Waals surface area contributed by atoms with Crippen molar-refractivity contribution in [3.05, 3.63) is 57.8 Å². The van der Waals surface area contributed by atoms with E-state index >= 15 is 0 Å². The third-order valence-corrected chi connectivity index (χ3v) is 5.26. The first-order valence-corrected chi connectivity index (χ1v) is 9.62. The number of carbonyl (C=O) groups excluding carboxylic acids is 2. The zero-order valence-electron chi connectivity index (χ0n) is 14.9. The van der Waals surface area contributed by atoms with Crippen molar-refractivity contribution >= 4 is 40.8 Å². The number of aromatic nitrogens is 1. The third-order valence-electron chi connectivity index (χ3n) is 4.69. The lowest BCUT2D eigenvalue weighted by atomic mass is 10.0. The summed E-state index contributed by atoms with van der Waals surface area (Å²) in [7, 11) is 0. The average molecular weight is 407 g/mol. The van der Waals surface area contributed by atoms with Crippen molar-refractivity contribution in [2.24, 2.45) is 0 Å². The van der Waals surface area contributed by atoms with Crippen LogP contribution in [0.1, 0.15) is 54.4 Å². The topological polar surface area (TPSA) is 68.3 Å². The number of nitrogens with zero attached hydrogens (tertiary/aromatic N) is 1. The molecule has 1 aliphatic rings. The van der Waals surface area contributed by atoms with Gasteiger partial charge in [-0.05, 0) is 50.3 Å². The number of anilines is 1. The summed E-state index contributed by atoms with van der Waals surface area (Å²) in [6.07, 6.45) is 6.91. The molecule has 1 fully saturated rings. The number of pyridine rings is 1. The number of amides is 1. The van der Waals surface area contributed by atoms with Crippen LogP contribution in [0.15, 0.2) is 36.7 Å². The van der Waals surface area contributed by atoms with Gasteiger partial charge in [0, 0.05) is 18.1 Å². The lowest BCUT2D eigenvalue weighted by Gasteiger charge is -2.16. The largest absolute Gasteiger partial charge is 0.462 e. The summed E-state index contributed by atoms with van der Waals surface area (Å²) < 4.78 is 5.56. The van der Waals surface area contributed by atoms with E-state index in [1.165, 1.54) is 12.4 Å². The molecule has 1 aromatic heterocycles. The molecule has 3 rings (SSSR count). The molecule has 1 aliphatic carbocycles. The summed E-state index contributed by atoms with van der Waals surface area (Å²) in [6.45, 7) is 1.82. The molecule has 0 bridgehead atoms. The SMILES string of the molecule is CC(C(=O)OC1CCCC1)c1ccc(NC(=O)c2c(Cl)cncc2Cl)cc1. The van der Waals surface area contributed by atoms with Gasteiger partial charge in [0.2, 0.25) is 0 Å². The normalized spacial score (nSPS) is 15.4. The molecule has 5 nitrogen and oxygen atoms in total. The van der Waals surface area contributed by atoms with Gasteiger partial charge in [-0.15, -0.1) is 0 Å². The summed E-state index contributed by atoms with van der Waals surface area (Å²) in [4.78, 5) is 28.5. The Kier molecular flexibility index (Phi) is 6.34. The van der Waals surface area contributed by atoms with Crippen LogP contribution in [0.4, 0.5) is 5.69 Å². The van der Waals surface area contributed by atoms with Crippen LogP contribution in [0.2, 0.25) is 10.0 Å². The van der Waals surface area contributed by atoms with Gasteiger partial charge in [0.1, 0.15) is 6.10 Å². The van der Waals surface area contributed by atoms with Crippen molar-refractivity contribution in [3.8, 4) is 0 Å². The van der Waals surface area contributed by atoms with Gasteiger partial charge in [-0.2, -0.15) is 0 Å². The smallest absolute Gasteiger partial charge is 0.313 e. The van der Waals surface area contributed by atoms with Gasteiger partial charge in [-0.25, -0.2) is 0 Å². The van der Waals surface area contributed by atoms with Crippen LogP contribution in [0.3, 0.4) is 0 Å². The fourth-order valence-corrected chi connectivity index (χ4v) is 3.62. The van der Waals surface area contributed by atoms with E-state index in [1.54, 1.807) is 24.3 Å². The molecule has 1 heterocycles. The maximum Gasteiger partial charge on any atom is 0.313 e. The summed E-state index contributed by atoms with van der Waals surface area (Å²) in [6, 6.07) is 7.06. The Morgan fingerprint density at radius 3 is 2.30 bits per heavy atom. The van der Waals surface area contributed by atoms with E-state index in [4.69, 9.17) is 27.9 Å². The maximum atomic E-state index is 12.4. The van der Waals surface area contributed by atoms with Crippen LogP contribution in [0, 0.1) is 0 Å². The third kappa shape index (κ3) is 4.79. The van der Waals surface area contributed by atoms with Crippen LogP contribution < -0.4 is 5.32 Å². The number of nitrogens with one attached hydrogen (secondary N) is 1. The van der Waals surface area contributed by atoms with Gasteiger partial charge < -0.3 is 10.1 Å². The first-order chi connectivity index (χ1) is 13.0. The zero-order valence-corrected chi connectivity index (χ0v) is 16.4. The van der Waals surface area contributed by atoms with E-state index in [1.807, 2.05) is 6.92 Å². The molecule has 0 aliphatic heterocycles. The van der Waals surface area contributed by atoms with Crippen LogP contribution >= 0.6 is 23.2 Å². The number of halogens is 2. The summed E-state index contributed by atoms with van der Waals surface area (Å²) in [5.74, 6) is -0.998. The highest BCUT2D eigenvalue weighted by Gasteiger charge is 2.24. The number of esters is 1. The van der Waals surface area contributed by atoms with E-state index in [-0.39, 0.29) is 33.6 Å². The fraction of sp³-hybridized carbons (Fsp3) is 0.350. The number of carbonyl (C=O) groups is 2. The lowest BCUT2D eigenvalue weighted by Crippen LogP contribution is -2.19. The van der Waals surface area contributed by atoms with Crippen molar-refractivity contribution in [2.45, 2.75) is 44.6 Å². The standard InChI is InChI=1S/C20H20Cl2N2O3/c1-12(20(26)27-15-4-2-3-5-15)13-6-8-14(9-7-13)24-19(25)18-16(21)10-23-11-17(18)22/h6-12,15H,2-5H2,1H3,(H,24,25). The van der Waals surface area contributed by atoms with Gasteiger partial charge in [-0.1, -0.05) is 35.3 Å². The van der Waals surface area contributed by atoms with E-state index in [9.17, 15) is 9.59 Å². The Morgan fingerprint density at radius 1 is 1.11 bits per heavy atom.